The summed E-state index contributed by atoms with van der Waals surface area (Å²) in [6, 6.07) is 23.5. The SMILES string of the molecule is Clc1ccc2c(c1)c1ccccc1n2CCCCN1CCN(c2nsc3ccccc23)CC1. The van der Waals surface area contributed by atoms with Crippen LogP contribution in [-0.4, -0.2) is 46.6 Å². The molecule has 0 amide bonds. The molecule has 0 N–H and O–H groups in total. The van der Waals surface area contributed by atoms with Crippen molar-refractivity contribution in [2.24, 2.45) is 0 Å². The lowest BCUT2D eigenvalue weighted by Crippen LogP contribution is -2.46. The minimum absolute atomic E-state index is 0.801. The van der Waals surface area contributed by atoms with Gasteiger partial charge in [0.15, 0.2) is 0 Å². The van der Waals surface area contributed by atoms with Gasteiger partial charge in [-0.25, -0.2) is 0 Å². The summed E-state index contributed by atoms with van der Waals surface area (Å²) in [5.41, 5.74) is 2.59. The molecule has 1 saturated heterocycles. The van der Waals surface area contributed by atoms with Gasteiger partial charge in [0.05, 0.1) is 4.70 Å². The molecule has 1 fully saturated rings. The van der Waals surface area contributed by atoms with Crippen LogP contribution in [0, 0.1) is 0 Å². The number of hydrogen-bond donors (Lipinski definition) is 0. The molecule has 6 rings (SSSR count). The maximum absolute atomic E-state index is 6.29. The van der Waals surface area contributed by atoms with Gasteiger partial charge in [-0.3, -0.25) is 4.90 Å². The second-order valence-corrected chi connectivity index (χ2v) is 10.1. The van der Waals surface area contributed by atoms with Crippen molar-refractivity contribution in [2.45, 2.75) is 19.4 Å². The van der Waals surface area contributed by atoms with Gasteiger partial charge in [0.2, 0.25) is 0 Å². The van der Waals surface area contributed by atoms with Gasteiger partial charge in [-0.05, 0) is 67.3 Å². The summed E-state index contributed by atoms with van der Waals surface area (Å²) in [4.78, 5) is 5.06. The van der Waals surface area contributed by atoms with Crippen LogP contribution in [0.15, 0.2) is 66.7 Å². The van der Waals surface area contributed by atoms with Gasteiger partial charge in [-0.2, -0.15) is 4.37 Å². The summed E-state index contributed by atoms with van der Waals surface area (Å²) in [7, 11) is 0. The summed E-state index contributed by atoms with van der Waals surface area (Å²) in [6.07, 6.45) is 2.38. The van der Waals surface area contributed by atoms with Gasteiger partial charge in [-0.1, -0.05) is 41.9 Å². The number of piperazine rings is 1. The monoisotopic (exact) mass is 474 g/mol. The van der Waals surface area contributed by atoms with Gasteiger partial charge in [-0.15, -0.1) is 0 Å². The highest BCUT2D eigenvalue weighted by atomic mass is 35.5. The fourth-order valence-electron chi connectivity index (χ4n) is 5.16. The van der Waals surface area contributed by atoms with E-state index in [4.69, 9.17) is 16.0 Å². The molecule has 1 aliphatic heterocycles. The van der Waals surface area contributed by atoms with Crippen molar-refractivity contribution in [3.05, 3.63) is 71.8 Å². The molecule has 1 aliphatic rings. The molecular weight excluding hydrogens is 448 g/mol. The number of halogens is 1. The molecule has 6 heteroatoms. The molecule has 0 unspecified atom stereocenters. The second-order valence-electron chi connectivity index (χ2n) is 8.87. The van der Waals surface area contributed by atoms with Gasteiger partial charge < -0.3 is 9.47 Å². The number of anilines is 1. The Morgan fingerprint density at radius 3 is 2.36 bits per heavy atom. The summed E-state index contributed by atoms with van der Waals surface area (Å²) in [5, 5.41) is 4.64. The summed E-state index contributed by atoms with van der Waals surface area (Å²) in [5.74, 6) is 1.17. The maximum atomic E-state index is 6.29. The Morgan fingerprint density at radius 2 is 1.48 bits per heavy atom. The maximum Gasteiger partial charge on any atom is 0.150 e. The average molecular weight is 475 g/mol. The first-order valence-electron chi connectivity index (χ1n) is 11.8. The number of nitrogens with zero attached hydrogens (tertiary/aromatic N) is 4. The van der Waals surface area contributed by atoms with E-state index in [0.717, 1.165) is 44.3 Å². The van der Waals surface area contributed by atoms with Gasteiger partial charge >= 0.3 is 0 Å². The molecule has 0 bridgehead atoms. The first kappa shape index (κ1) is 21.0. The lowest BCUT2D eigenvalue weighted by atomic mass is 10.2. The van der Waals surface area contributed by atoms with E-state index in [9.17, 15) is 0 Å². The third-order valence-corrected chi connectivity index (χ3v) is 7.92. The van der Waals surface area contributed by atoms with E-state index in [-0.39, 0.29) is 0 Å². The normalized spacial score (nSPS) is 15.2. The predicted molar refractivity (Wildman–Crippen MR) is 142 cm³/mol. The number of hydrogen-bond acceptors (Lipinski definition) is 4. The van der Waals surface area contributed by atoms with Crippen LogP contribution in [0.1, 0.15) is 12.8 Å². The van der Waals surface area contributed by atoms with E-state index in [1.54, 1.807) is 11.5 Å². The molecule has 33 heavy (non-hydrogen) atoms. The van der Waals surface area contributed by atoms with Crippen LogP contribution >= 0.6 is 23.1 Å². The first-order chi connectivity index (χ1) is 16.3. The van der Waals surface area contributed by atoms with E-state index in [1.807, 2.05) is 6.07 Å². The molecule has 2 aromatic heterocycles. The standard InChI is InChI=1S/C27H27ClN4S/c28-20-11-12-25-23(19-20)21-7-1-3-9-24(21)32(25)14-6-5-13-30-15-17-31(18-16-30)27-22-8-2-4-10-26(22)33-29-27/h1-4,7-12,19H,5-6,13-18H2. The molecule has 3 aromatic carbocycles. The second kappa shape index (κ2) is 8.98. The molecule has 0 saturated carbocycles. The number of benzene rings is 3. The van der Waals surface area contributed by atoms with Crippen LogP contribution in [0.3, 0.4) is 0 Å². The van der Waals surface area contributed by atoms with Crippen molar-refractivity contribution in [1.29, 1.82) is 0 Å². The fraction of sp³-hybridized carbons (Fsp3) is 0.296. The number of aryl methyl sites for hydroxylation is 1. The van der Waals surface area contributed by atoms with Crippen LogP contribution in [-0.2, 0) is 6.54 Å². The van der Waals surface area contributed by atoms with Crippen LogP contribution in [0.4, 0.5) is 5.82 Å². The van der Waals surface area contributed by atoms with E-state index in [2.05, 4.69) is 75.0 Å². The highest BCUT2D eigenvalue weighted by Gasteiger charge is 2.20. The van der Waals surface area contributed by atoms with Gasteiger partial charge in [0, 0.05) is 64.9 Å². The summed E-state index contributed by atoms with van der Waals surface area (Å²) >= 11 is 7.90. The third-order valence-electron chi connectivity index (χ3n) is 6.87. The van der Waals surface area contributed by atoms with E-state index in [1.165, 1.54) is 50.6 Å². The summed E-state index contributed by atoms with van der Waals surface area (Å²) < 4.78 is 8.49. The minimum Gasteiger partial charge on any atom is -0.353 e. The van der Waals surface area contributed by atoms with Crippen LogP contribution in [0.25, 0.3) is 31.9 Å². The Labute approximate surface area is 203 Å². The van der Waals surface area contributed by atoms with Gasteiger partial charge in [0.1, 0.15) is 5.82 Å². The molecule has 0 aliphatic carbocycles. The van der Waals surface area contributed by atoms with E-state index >= 15 is 0 Å². The smallest absolute Gasteiger partial charge is 0.150 e. The van der Waals surface area contributed by atoms with Crippen LogP contribution in [0.2, 0.25) is 5.02 Å². The molecular formula is C27H27ClN4S. The lowest BCUT2D eigenvalue weighted by Gasteiger charge is -2.35. The average Bonchev–Trinajstić information content (AvgIpc) is 3.42. The van der Waals surface area contributed by atoms with E-state index in [0.29, 0.717) is 0 Å². The Balaban J connectivity index is 1.06. The number of unbranched alkanes of at least 4 members (excludes halogenated alkanes) is 1. The highest BCUT2D eigenvalue weighted by Crippen LogP contribution is 2.32. The molecule has 4 nitrogen and oxygen atoms in total. The number of fused-ring (bicyclic) bond motifs is 4. The Morgan fingerprint density at radius 1 is 0.758 bits per heavy atom. The Bertz CT molecular complexity index is 1410. The molecule has 3 heterocycles. The quantitative estimate of drug-likeness (QED) is 0.257. The molecule has 168 valence electrons. The third kappa shape index (κ3) is 3.99. The number of para-hydroxylation sites is 1. The van der Waals surface area contributed by atoms with Crippen molar-refractivity contribution >= 4 is 60.8 Å². The predicted octanol–water partition coefficient (Wildman–Crippen LogP) is 6.66. The number of rotatable bonds is 6. The number of aromatic nitrogens is 2. The van der Waals surface area contributed by atoms with Crippen molar-refractivity contribution < 1.29 is 0 Å². The fourth-order valence-corrected chi connectivity index (χ4v) is 6.12. The Kier molecular flexibility index (Phi) is 5.70. The van der Waals surface area contributed by atoms with Crippen molar-refractivity contribution in [3.8, 4) is 0 Å². The minimum atomic E-state index is 0.801. The molecule has 0 radical (unpaired) electrons. The lowest BCUT2D eigenvalue weighted by molar-refractivity contribution is 0.251. The highest BCUT2D eigenvalue weighted by molar-refractivity contribution is 7.13. The zero-order valence-corrected chi connectivity index (χ0v) is 20.2. The van der Waals surface area contributed by atoms with Crippen molar-refractivity contribution in [1.82, 2.24) is 13.8 Å². The summed E-state index contributed by atoms with van der Waals surface area (Å²) in [6.45, 7) is 6.53. The van der Waals surface area contributed by atoms with Crippen LogP contribution in [0.5, 0.6) is 0 Å². The molecule has 5 aromatic rings. The Hall–Kier alpha value is -2.60. The largest absolute Gasteiger partial charge is 0.353 e. The zero-order valence-electron chi connectivity index (χ0n) is 18.6. The van der Waals surface area contributed by atoms with Gasteiger partial charge in [0.25, 0.3) is 0 Å². The van der Waals surface area contributed by atoms with Crippen molar-refractivity contribution in [2.75, 3.05) is 37.6 Å². The topological polar surface area (TPSA) is 24.3 Å². The first-order valence-corrected chi connectivity index (χ1v) is 12.9. The molecule has 0 atom stereocenters. The van der Waals surface area contributed by atoms with E-state index < -0.39 is 0 Å². The van der Waals surface area contributed by atoms with Crippen molar-refractivity contribution in [3.63, 3.8) is 0 Å². The zero-order chi connectivity index (χ0) is 22.2. The molecule has 0 spiro atoms. The van der Waals surface area contributed by atoms with Crippen LogP contribution < -0.4 is 4.90 Å².